The van der Waals surface area contributed by atoms with Crippen molar-refractivity contribution >= 4 is 12.1 Å². The number of carbonyl (C=O) groups excluding carboxylic acids is 2. The summed E-state index contributed by atoms with van der Waals surface area (Å²) in [6.07, 6.45) is 11.6. The second kappa shape index (κ2) is 17.7. The predicted molar refractivity (Wildman–Crippen MR) is 74.3 cm³/mol. The third-order valence-electron chi connectivity index (χ3n) is 2.63. The monoisotopic (exact) mass is 242 g/mol. The molecule has 0 aromatic rings. The van der Waals surface area contributed by atoms with Crippen molar-refractivity contribution in [2.24, 2.45) is 0 Å². The molecule has 17 heavy (non-hydrogen) atoms. The van der Waals surface area contributed by atoms with Gasteiger partial charge in [0.05, 0.1) is 0 Å². The van der Waals surface area contributed by atoms with E-state index in [2.05, 4.69) is 13.8 Å². The average molecular weight is 242 g/mol. The maximum Gasteiger partial charge on any atom is 0.132 e. The Labute approximate surface area is 107 Å². The zero-order chi connectivity index (χ0) is 13.4. The minimum Gasteiger partial charge on any atom is -0.303 e. The van der Waals surface area contributed by atoms with Crippen molar-refractivity contribution in [3.05, 3.63) is 0 Å². The number of unbranched alkanes of at least 4 members (excludes halogenated alkanes) is 6. The highest BCUT2D eigenvalue weighted by molar-refractivity contribution is 5.77. The summed E-state index contributed by atoms with van der Waals surface area (Å²) in [6, 6.07) is 0. The quantitative estimate of drug-likeness (QED) is 0.411. The summed E-state index contributed by atoms with van der Waals surface area (Å²) in [4.78, 5) is 20.5. The molecular weight excluding hydrogens is 212 g/mol. The van der Waals surface area contributed by atoms with Crippen molar-refractivity contribution in [2.45, 2.75) is 85.0 Å². The first-order chi connectivity index (χ1) is 8.22. The largest absolute Gasteiger partial charge is 0.303 e. The van der Waals surface area contributed by atoms with Crippen molar-refractivity contribution in [2.75, 3.05) is 0 Å². The van der Waals surface area contributed by atoms with Crippen LogP contribution in [-0.2, 0) is 9.59 Å². The maximum absolute atomic E-state index is 10.7. The molecule has 0 bridgehead atoms. The van der Waals surface area contributed by atoms with Gasteiger partial charge < -0.3 is 4.79 Å². The average Bonchev–Trinajstić information content (AvgIpc) is 2.35. The van der Waals surface area contributed by atoms with Gasteiger partial charge in [-0.25, -0.2) is 0 Å². The number of ketones is 1. The Balaban J connectivity index is 0. The van der Waals surface area contributed by atoms with E-state index in [0.717, 1.165) is 32.0 Å². The molecule has 0 N–H and O–H groups in total. The zero-order valence-electron chi connectivity index (χ0n) is 12.0. The van der Waals surface area contributed by atoms with E-state index in [4.69, 9.17) is 0 Å². The summed E-state index contributed by atoms with van der Waals surface area (Å²) in [5.74, 6) is 0.406. The fraction of sp³-hybridized carbons (Fsp3) is 0.867. The van der Waals surface area contributed by atoms with Gasteiger partial charge in [0.15, 0.2) is 0 Å². The summed E-state index contributed by atoms with van der Waals surface area (Å²) in [5, 5.41) is 0. The van der Waals surface area contributed by atoms with Gasteiger partial charge in [-0.3, -0.25) is 4.79 Å². The highest BCUT2D eigenvalue weighted by atomic mass is 16.1. The Bertz CT molecular complexity index is 164. The van der Waals surface area contributed by atoms with Crippen LogP contribution >= 0.6 is 0 Å². The Morgan fingerprint density at radius 3 is 1.94 bits per heavy atom. The Kier molecular flexibility index (Phi) is 19.5. The van der Waals surface area contributed by atoms with Crippen molar-refractivity contribution in [1.82, 2.24) is 0 Å². The minimum absolute atomic E-state index is 0.406. The number of aldehydes is 1. The van der Waals surface area contributed by atoms with Gasteiger partial charge in [-0.2, -0.15) is 0 Å². The van der Waals surface area contributed by atoms with E-state index in [9.17, 15) is 9.59 Å². The molecule has 0 heterocycles. The standard InChI is InChI=1S/C8H16O.C7H14O/c1-3-5-6-7-8(9)4-2;1-2-3-4-5-6-7-8/h3-7H2,1-2H3;7H,2-6H2,1H3. The summed E-state index contributed by atoms with van der Waals surface area (Å²) in [7, 11) is 0. The van der Waals surface area contributed by atoms with E-state index in [1.54, 1.807) is 0 Å². The summed E-state index contributed by atoms with van der Waals surface area (Å²) >= 11 is 0. The third kappa shape index (κ3) is 21.2. The number of rotatable bonds is 10. The number of hydrogen-bond acceptors (Lipinski definition) is 2. The number of hydrogen-bond donors (Lipinski definition) is 0. The highest BCUT2D eigenvalue weighted by Gasteiger charge is 1.95. The molecule has 2 nitrogen and oxygen atoms in total. The fourth-order valence-electron chi connectivity index (χ4n) is 1.40. The molecule has 2 heteroatoms. The van der Waals surface area contributed by atoms with E-state index >= 15 is 0 Å². The van der Waals surface area contributed by atoms with Crippen molar-refractivity contribution < 1.29 is 9.59 Å². The predicted octanol–water partition coefficient (Wildman–Crippen LogP) is 4.70. The molecule has 0 unspecified atom stereocenters. The van der Waals surface area contributed by atoms with Crippen LogP contribution in [0.4, 0.5) is 0 Å². The van der Waals surface area contributed by atoms with Crippen molar-refractivity contribution in [3.8, 4) is 0 Å². The molecule has 0 fully saturated rings. The first kappa shape index (κ1) is 18.7. The lowest BCUT2D eigenvalue weighted by atomic mass is 10.1. The lowest BCUT2D eigenvalue weighted by molar-refractivity contribution is -0.118. The third-order valence-corrected chi connectivity index (χ3v) is 2.63. The highest BCUT2D eigenvalue weighted by Crippen LogP contribution is 2.00. The van der Waals surface area contributed by atoms with Crippen LogP contribution in [0.3, 0.4) is 0 Å². The van der Waals surface area contributed by atoms with Crippen LogP contribution in [0.15, 0.2) is 0 Å². The van der Waals surface area contributed by atoms with E-state index in [1.165, 1.54) is 32.1 Å². The van der Waals surface area contributed by atoms with Crippen LogP contribution in [0.25, 0.3) is 0 Å². The van der Waals surface area contributed by atoms with Gasteiger partial charge in [0, 0.05) is 19.3 Å². The molecule has 0 atom stereocenters. The first-order valence-corrected chi connectivity index (χ1v) is 7.18. The Morgan fingerprint density at radius 2 is 1.47 bits per heavy atom. The molecule has 102 valence electrons. The summed E-state index contributed by atoms with van der Waals surface area (Å²) < 4.78 is 0. The molecule has 0 saturated carbocycles. The Morgan fingerprint density at radius 1 is 0.882 bits per heavy atom. The van der Waals surface area contributed by atoms with E-state index in [1.807, 2.05) is 6.92 Å². The van der Waals surface area contributed by atoms with Crippen LogP contribution in [0.1, 0.15) is 85.0 Å². The maximum atomic E-state index is 10.7. The van der Waals surface area contributed by atoms with Crippen LogP contribution in [0, 0.1) is 0 Å². The zero-order valence-corrected chi connectivity index (χ0v) is 12.0. The van der Waals surface area contributed by atoms with Gasteiger partial charge in [-0.15, -0.1) is 0 Å². The van der Waals surface area contributed by atoms with E-state index in [-0.39, 0.29) is 0 Å². The van der Waals surface area contributed by atoms with Crippen LogP contribution in [0.2, 0.25) is 0 Å². The van der Waals surface area contributed by atoms with Gasteiger partial charge in [-0.1, -0.05) is 52.9 Å². The van der Waals surface area contributed by atoms with Gasteiger partial charge >= 0.3 is 0 Å². The first-order valence-electron chi connectivity index (χ1n) is 7.18. The second-order valence-electron chi connectivity index (χ2n) is 4.37. The van der Waals surface area contributed by atoms with Gasteiger partial charge in [0.2, 0.25) is 0 Å². The van der Waals surface area contributed by atoms with Crippen molar-refractivity contribution in [1.29, 1.82) is 0 Å². The molecule has 0 rings (SSSR count). The van der Waals surface area contributed by atoms with Crippen LogP contribution in [-0.4, -0.2) is 12.1 Å². The molecule has 0 aromatic carbocycles. The number of carbonyl (C=O) groups is 2. The van der Waals surface area contributed by atoms with Gasteiger partial charge in [0.1, 0.15) is 12.1 Å². The molecule has 0 saturated heterocycles. The summed E-state index contributed by atoms with van der Waals surface area (Å²) in [6.45, 7) is 6.24. The molecule has 0 spiro atoms. The molecule has 0 aliphatic carbocycles. The lowest BCUT2D eigenvalue weighted by Crippen LogP contribution is -1.93. The topological polar surface area (TPSA) is 34.1 Å². The smallest absolute Gasteiger partial charge is 0.132 e. The molecule has 0 aliphatic rings. The van der Waals surface area contributed by atoms with Crippen LogP contribution in [0.5, 0.6) is 0 Å². The Hall–Kier alpha value is -0.660. The van der Waals surface area contributed by atoms with Gasteiger partial charge in [0.25, 0.3) is 0 Å². The van der Waals surface area contributed by atoms with E-state index in [0.29, 0.717) is 12.2 Å². The number of Topliss-reactive ketones (excluding diaryl/α,β-unsaturated/α-hetero) is 1. The van der Waals surface area contributed by atoms with Gasteiger partial charge in [-0.05, 0) is 12.8 Å². The second-order valence-corrected chi connectivity index (χ2v) is 4.37. The lowest BCUT2D eigenvalue weighted by Gasteiger charge is -1.93. The molecule has 0 radical (unpaired) electrons. The molecule has 0 aromatic heterocycles. The van der Waals surface area contributed by atoms with E-state index < -0.39 is 0 Å². The van der Waals surface area contributed by atoms with Crippen LogP contribution < -0.4 is 0 Å². The minimum atomic E-state index is 0.406. The SMILES string of the molecule is CCCCCC(=O)CC.CCCCCCC=O. The molecular formula is C15H30O2. The summed E-state index contributed by atoms with van der Waals surface area (Å²) in [5.41, 5.74) is 0. The van der Waals surface area contributed by atoms with Crippen molar-refractivity contribution in [3.63, 3.8) is 0 Å². The molecule has 0 amide bonds. The normalized spacial score (nSPS) is 9.35. The molecule has 0 aliphatic heterocycles. The fourth-order valence-corrected chi connectivity index (χ4v) is 1.40.